The Hall–Kier alpha value is -1.92. The molecule has 1 saturated heterocycles. The van der Waals surface area contributed by atoms with Crippen molar-refractivity contribution in [1.29, 1.82) is 0 Å². The number of benzene rings is 1. The largest absolute Gasteiger partial charge is 0.394 e. The molecule has 1 aromatic carbocycles. The van der Waals surface area contributed by atoms with E-state index in [0.717, 1.165) is 30.8 Å². The van der Waals surface area contributed by atoms with E-state index < -0.39 is 5.82 Å². The second-order valence-electron chi connectivity index (χ2n) is 5.97. The maximum absolute atomic E-state index is 13.3. The first-order valence-corrected chi connectivity index (χ1v) is 8.37. The summed E-state index contributed by atoms with van der Waals surface area (Å²) in [6.07, 6.45) is 3.52. The Morgan fingerprint density at radius 3 is 3.00 bits per heavy atom. The quantitative estimate of drug-likeness (QED) is 0.865. The summed E-state index contributed by atoms with van der Waals surface area (Å²) >= 11 is 5.85. The molecule has 1 aromatic heterocycles. The Labute approximate surface area is 145 Å². The lowest BCUT2D eigenvalue weighted by atomic mass is 10.1. The van der Waals surface area contributed by atoms with Gasteiger partial charge in [0, 0.05) is 18.7 Å². The first kappa shape index (κ1) is 16.9. The van der Waals surface area contributed by atoms with E-state index in [1.807, 2.05) is 13.0 Å². The van der Waals surface area contributed by atoms with Crippen LogP contribution in [0.2, 0.25) is 5.02 Å². The summed E-state index contributed by atoms with van der Waals surface area (Å²) in [5, 5.41) is 12.8. The highest BCUT2D eigenvalue weighted by Gasteiger charge is 2.25. The molecule has 24 heavy (non-hydrogen) atoms. The van der Waals surface area contributed by atoms with E-state index in [9.17, 15) is 9.50 Å². The molecule has 1 fully saturated rings. The number of hydrogen-bond donors (Lipinski definition) is 2. The van der Waals surface area contributed by atoms with Gasteiger partial charge in [-0.05, 0) is 37.5 Å². The van der Waals surface area contributed by atoms with Crippen molar-refractivity contribution in [3.05, 3.63) is 47.0 Å². The lowest BCUT2D eigenvalue weighted by molar-refractivity contribution is 0.266. The molecule has 3 rings (SSSR count). The van der Waals surface area contributed by atoms with Crippen LogP contribution >= 0.6 is 11.6 Å². The Balaban J connectivity index is 1.75. The van der Waals surface area contributed by atoms with Crippen LogP contribution in [0.25, 0.3) is 0 Å². The Morgan fingerprint density at radius 1 is 1.42 bits per heavy atom. The standard InChI is InChI=1S/C17H20ClFN4O/c1-11(12-4-5-15(19)14(18)7-12)22-16-8-17(21-10-20-16)23-6-2-3-13(23)9-24/h4-5,7-8,10-11,13,24H,2-3,6,9H2,1H3,(H,20,21,22). The van der Waals surface area contributed by atoms with Gasteiger partial charge in [0.05, 0.1) is 17.7 Å². The van der Waals surface area contributed by atoms with E-state index in [0.29, 0.717) is 5.82 Å². The predicted molar refractivity (Wildman–Crippen MR) is 92.9 cm³/mol. The van der Waals surface area contributed by atoms with Gasteiger partial charge in [-0.2, -0.15) is 0 Å². The van der Waals surface area contributed by atoms with Gasteiger partial charge in [-0.1, -0.05) is 17.7 Å². The van der Waals surface area contributed by atoms with Crippen LogP contribution in [-0.2, 0) is 0 Å². The Morgan fingerprint density at radius 2 is 2.25 bits per heavy atom. The molecule has 2 N–H and O–H groups in total. The van der Waals surface area contributed by atoms with Crippen LogP contribution in [-0.4, -0.2) is 34.3 Å². The van der Waals surface area contributed by atoms with Crippen molar-refractivity contribution < 1.29 is 9.50 Å². The molecule has 0 saturated carbocycles. The summed E-state index contributed by atoms with van der Waals surface area (Å²) in [5.41, 5.74) is 0.871. The van der Waals surface area contributed by atoms with Crippen molar-refractivity contribution in [2.24, 2.45) is 0 Å². The molecule has 1 aliphatic rings. The molecule has 0 spiro atoms. The molecule has 2 unspecified atom stereocenters. The minimum atomic E-state index is -0.430. The number of aliphatic hydroxyl groups excluding tert-OH is 1. The van der Waals surface area contributed by atoms with E-state index in [2.05, 4.69) is 20.2 Å². The van der Waals surface area contributed by atoms with Gasteiger partial charge in [-0.15, -0.1) is 0 Å². The topological polar surface area (TPSA) is 61.3 Å². The molecule has 0 radical (unpaired) electrons. The molecular formula is C17H20ClFN4O. The number of nitrogens with one attached hydrogen (secondary N) is 1. The summed E-state index contributed by atoms with van der Waals surface area (Å²) in [5.74, 6) is 1.05. The Bertz CT molecular complexity index is 715. The lowest BCUT2D eigenvalue weighted by Gasteiger charge is -2.24. The van der Waals surface area contributed by atoms with Crippen LogP contribution in [0.4, 0.5) is 16.0 Å². The van der Waals surface area contributed by atoms with E-state index in [4.69, 9.17) is 11.6 Å². The van der Waals surface area contributed by atoms with Gasteiger partial charge < -0.3 is 15.3 Å². The van der Waals surface area contributed by atoms with E-state index in [-0.39, 0.29) is 23.7 Å². The monoisotopic (exact) mass is 350 g/mol. The molecule has 2 heterocycles. The summed E-state index contributed by atoms with van der Waals surface area (Å²) < 4.78 is 13.3. The zero-order chi connectivity index (χ0) is 17.1. The predicted octanol–water partition coefficient (Wildman–Crippen LogP) is 3.40. The zero-order valence-electron chi connectivity index (χ0n) is 13.4. The van der Waals surface area contributed by atoms with Gasteiger partial charge in [-0.25, -0.2) is 14.4 Å². The molecule has 2 atom stereocenters. The second-order valence-corrected chi connectivity index (χ2v) is 6.38. The van der Waals surface area contributed by atoms with Gasteiger partial charge in [0.1, 0.15) is 23.8 Å². The minimum absolute atomic E-state index is 0.0851. The number of aliphatic hydroxyl groups is 1. The van der Waals surface area contributed by atoms with Crippen molar-refractivity contribution in [2.75, 3.05) is 23.4 Å². The highest BCUT2D eigenvalue weighted by atomic mass is 35.5. The fourth-order valence-electron chi connectivity index (χ4n) is 3.00. The second kappa shape index (κ2) is 7.32. The zero-order valence-corrected chi connectivity index (χ0v) is 14.2. The lowest BCUT2D eigenvalue weighted by Crippen LogP contribution is -2.32. The van der Waals surface area contributed by atoms with Crippen molar-refractivity contribution in [2.45, 2.75) is 31.8 Å². The van der Waals surface area contributed by atoms with Crippen LogP contribution in [0.15, 0.2) is 30.6 Å². The molecule has 5 nitrogen and oxygen atoms in total. The van der Waals surface area contributed by atoms with E-state index >= 15 is 0 Å². The third-order valence-electron chi connectivity index (χ3n) is 4.34. The third kappa shape index (κ3) is 3.60. The smallest absolute Gasteiger partial charge is 0.141 e. The average molecular weight is 351 g/mol. The number of anilines is 2. The van der Waals surface area contributed by atoms with Crippen LogP contribution in [0, 0.1) is 5.82 Å². The third-order valence-corrected chi connectivity index (χ3v) is 4.63. The van der Waals surface area contributed by atoms with E-state index in [1.54, 1.807) is 12.1 Å². The highest BCUT2D eigenvalue weighted by molar-refractivity contribution is 6.30. The first-order valence-electron chi connectivity index (χ1n) is 7.99. The summed E-state index contributed by atoms with van der Waals surface area (Å²) in [6, 6.07) is 6.56. The van der Waals surface area contributed by atoms with Crippen LogP contribution in [0.5, 0.6) is 0 Å². The van der Waals surface area contributed by atoms with Crippen molar-refractivity contribution in [3.63, 3.8) is 0 Å². The van der Waals surface area contributed by atoms with Crippen molar-refractivity contribution in [3.8, 4) is 0 Å². The van der Waals surface area contributed by atoms with Crippen molar-refractivity contribution in [1.82, 2.24) is 9.97 Å². The van der Waals surface area contributed by atoms with Gasteiger partial charge >= 0.3 is 0 Å². The summed E-state index contributed by atoms with van der Waals surface area (Å²) in [7, 11) is 0. The normalized spacial score (nSPS) is 18.7. The summed E-state index contributed by atoms with van der Waals surface area (Å²) in [4.78, 5) is 10.7. The SMILES string of the molecule is CC(Nc1cc(N2CCCC2CO)ncn1)c1ccc(F)c(Cl)c1. The molecule has 0 aliphatic carbocycles. The molecule has 1 aliphatic heterocycles. The molecule has 0 bridgehead atoms. The minimum Gasteiger partial charge on any atom is -0.394 e. The molecule has 2 aromatic rings. The molecule has 0 amide bonds. The molecule has 128 valence electrons. The molecular weight excluding hydrogens is 331 g/mol. The first-order chi connectivity index (χ1) is 11.6. The van der Waals surface area contributed by atoms with Gasteiger partial charge in [-0.3, -0.25) is 0 Å². The van der Waals surface area contributed by atoms with Gasteiger partial charge in [0.25, 0.3) is 0 Å². The average Bonchev–Trinajstić information content (AvgIpc) is 3.06. The number of hydrogen-bond acceptors (Lipinski definition) is 5. The fourth-order valence-corrected chi connectivity index (χ4v) is 3.19. The van der Waals surface area contributed by atoms with Crippen LogP contribution < -0.4 is 10.2 Å². The number of nitrogens with zero attached hydrogens (tertiary/aromatic N) is 3. The summed E-state index contributed by atoms with van der Waals surface area (Å²) in [6.45, 7) is 2.96. The maximum Gasteiger partial charge on any atom is 0.141 e. The van der Waals surface area contributed by atoms with Gasteiger partial charge in [0.15, 0.2) is 0 Å². The maximum atomic E-state index is 13.3. The molecule has 7 heteroatoms. The van der Waals surface area contributed by atoms with Gasteiger partial charge in [0.2, 0.25) is 0 Å². The van der Waals surface area contributed by atoms with Crippen LogP contribution in [0.3, 0.4) is 0 Å². The Kier molecular flexibility index (Phi) is 5.16. The number of halogens is 2. The fraction of sp³-hybridized carbons (Fsp3) is 0.412. The van der Waals surface area contributed by atoms with Crippen LogP contribution in [0.1, 0.15) is 31.4 Å². The number of aromatic nitrogens is 2. The highest BCUT2D eigenvalue weighted by Crippen LogP contribution is 2.27. The van der Waals surface area contributed by atoms with Crippen molar-refractivity contribution >= 4 is 23.2 Å². The van der Waals surface area contributed by atoms with E-state index in [1.165, 1.54) is 12.4 Å². The number of rotatable bonds is 5.